The Kier molecular flexibility index (Phi) is 8.40. The van der Waals surface area contributed by atoms with E-state index >= 15 is 0 Å². The maximum absolute atomic E-state index is 13.4. The van der Waals surface area contributed by atoms with Crippen LogP contribution in [0.3, 0.4) is 0 Å². The van der Waals surface area contributed by atoms with Crippen molar-refractivity contribution in [2.45, 2.75) is 36.9 Å². The Morgan fingerprint density at radius 1 is 1.03 bits per heavy atom. The number of rotatable bonds is 9. The van der Waals surface area contributed by atoms with E-state index < -0.39 is 23.2 Å². The van der Waals surface area contributed by atoms with Crippen molar-refractivity contribution in [1.29, 1.82) is 0 Å². The van der Waals surface area contributed by atoms with Crippen molar-refractivity contribution in [2.75, 3.05) is 34.2 Å². The minimum absolute atomic E-state index is 0.0550. The fourth-order valence-electron chi connectivity index (χ4n) is 3.91. The Labute approximate surface area is 213 Å². The number of likely N-dealkylation sites (N-methyl/N-ethyl adjacent to an activating group) is 2. The molecule has 2 aromatic rings. The average molecular weight is 530 g/mol. The Balaban J connectivity index is 1.83. The first-order chi connectivity index (χ1) is 16.3. The molecule has 1 fully saturated rings. The fourth-order valence-corrected chi connectivity index (χ4v) is 4.50. The van der Waals surface area contributed by atoms with Crippen molar-refractivity contribution in [1.82, 2.24) is 15.1 Å². The standard InChI is InChI=1S/C25H28Cl2F3N3O2/c1-32(2)12-13-33(3)22(34)21(14-16-4-6-17(7-5-16)25(28,29)30)31-23(35)24(10-11-24)19-9-8-18(26)15-20(19)27/h4-9,15,21H,10-14H2,1-3H3,(H,31,35)/t21-/m0/s1. The predicted molar refractivity (Wildman–Crippen MR) is 131 cm³/mol. The minimum Gasteiger partial charge on any atom is -0.343 e. The maximum Gasteiger partial charge on any atom is 0.416 e. The summed E-state index contributed by atoms with van der Waals surface area (Å²) in [6, 6.07) is 8.62. The van der Waals surface area contributed by atoms with Gasteiger partial charge in [-0.3, -0.25) is 9.59 Å². The Hall–Kier alpha value is -2.29. The molecule has 0 spiro atoms. The van der Waals surface area contributed by atoms with Crippen LogP contribution >= 0.6 is 23.2 Å². The third-order valence-corrected chi connectivity index (χ3v) is 6.76. The number of halogens is 5. The molecule has 0 radical (unpaired) electrons. The van der Waals surface area contributed by atoms with E-state index in [1.165, 1.54) is 17.0 Å². The van der Waals surface area contributed by atoms with E-state index in [-0.39, 0.29) is 18.2 Å². The number of amides is 2. The van der Waals surface area contributed by atoms with E-state index in [0.29, 0.717) is 47.1 Å². The van der Waals surface area contributed by atoms with Gasteiger partial charge < -0.3 is 15.1 Å². The van der Waals surface area contributed by atoms with Gasteiger partial charge >= 0.3 is 6.18 Å². The average Bonchev–Trinajstić information content (AvgIpc) is 3.58. The van der Waals surface area contributed by atoms with Crippen LogP contribution in [0.25, 0.3) is 0 Å². The molecule has 1 N–H and O–H groups in total. The number of alkyl halides is 3. The van der Waals surface area contributed by atoms with Crippen LogP contribution < -0.4 is 5.32 Å². The van der Waals surface area contributed by atoms with Gasteiger partial charge in [-0.2, -0.15) is 13.2 Å². The summed E-state index contributed by atoms with van der Waals surface area (Å²) < 4.78 is 38.9. The number of nitrogens with one attached hydrogen (secondary N) is 1. The van der Waals surface area contributed by atoms with Gasteiger partial charge in [0.05, 0.1) is 11.0 Å². The highest BCUT2D eigenvalue weighted by atomic mass is 35.5. The molecule has 0 aliphatic heterocycles. The molecule has 0 saturated heterocycles. The number of benzene rings is 2. The van der Waals surface area contributed by atoms with Gasteiger partial charge in [-0.15, -0.1) is 0 Å². The molecule has 1 aliphatic rings. The summed E-state index contributed by atoms with van der Waals surface area (Å²) >= 11 is 12.4. The molecule has 190 valence electrons. The Morgan fingerprint density at radius 2 is 1.66 bits per heavy atom. The molecular formula is C25H28Cl2F3N3O2. The van der Waals surface area contributed by atoms with Crippen molar-refractivity contribution in [3.63, 3.8) is 0 Å². The molecule has 1 aliphatic carbocycles. The van der Waals surface area contributed by atoms with E-state index in [0.717, 1.165) is 12.1 Å². The van der Waals surface area contributed by atoms with Crippen LogP contribution in [0.5, 0.6) is 0 Å². The molecule has 2 amide bonds. The minimum atomic E-state index is -4.45. The molecule has 10 heteroatoms. The molecule has 35 heavy (non-hydrogen) atoms. The van der Waals surface area contributed by atoms with E-state index in [2.05, 4.69) is 5.32 Å². The number of hydrogen-bond acceptors (Lipinski definition) is 3. The first-order valence-corrected chi connectivity index (χ1v) is 11.9. The normalized spacial score (nSPS) is 15.6. The summed E-state index contributed by atoms with van der Waals surface area (Å²) in [6.45, 7) is 1.05. The zero-order valence-electron chi connectivity index (χ0n) is 19.8. The molecular weight excluding hydrogens is 502 g/mol. The Morgan fingerprint density at radius 3 is 2.17 bits per heavy atom. The highest BCUT2D eigenvalue weighted by molar-refractivity contribution is 6.35. The molecule has 0 unspecified atom stereocenters. The monoisotopic (exact) mass is 529 g/mol. The van der Waals surface area contributed by atoms with Crippen molar-refractivity contribution < 1.29 is 22.8 Å². The smallest absolute Gasteiger partial charge is 0.343 e. The van der Waals surface area contributed by atoms with Gasteiger partial charge in [0.25, 0.3) is 0 Å². The molecule has 2 aromatic carbocycles. The van der Waals surface area contributed by atoms with Gasteiger partial charge in [-0.25, -0.2) is 0 Å². The number of carbonyl (C=O) groups is 2. The fraction of sp³-hybridized carbons (Fsp3) is 0.440. The lowest BCUT2D eigenvalue weighted by atomic mass is 9.93. The molecule has 1 saturated carbocycles. The lowest BCUT2D eigenvalue weighted by Gasteiger charge is -2.28. The SMILES string of the molecule is CN(C)CCN(C)C(=O)[C@H](Cc1ccc(C(F)(F)F)cc1)NC(=O)C1(c2ccc(Cl)cc2Cl)CC1. The third-order valence-electron chi connectivity index (χ3n) is 6.21. The first kappa shape index (κ1) is 27.3. The third kappa shape index (κ3) is 6.68. The van der Waals surface area contributed by atoms with Crippen molar-refractivity contribution in [3.05, 3.63) is 69.2 Å². The summed E-state index contributed by atoms with van der Waals surface area (Å²) in [6.07, 6.45) is -3.26. The van der Waals surface area contributed by atoms with Crippen LogP contribution in [0.1, 0.15) is 29.5 Å². The summed E-state index contributed by atoms with van der Waals surface area (Å²) in [7, 11) is 5.40. The number of nitrogens with zero attached hydrogens (tertiary/aromatic N) is 2. The zero-order valence-corrected chi connectivity index (χ0v) is 21.3. The highest BCUT2D eigenvalue weighted by Gasteiger charge is 2.53. The highest BCUT2D eigenvalue weighted by Crippen LogP contribution is 2.51. The lowest BCUT2D eigenvalue weighted by molar-refractivity contribution is -0.137. The quantitative estimate of drug-likeness (QED) is 0.508. The lowest BCUT2D eigenvalue weighted by Crippen LogP contribution is -2.52. The molecule has 0 heterocycles. The van der Waals surface area contributed by atoms with Crippen LogP contribution in [0.4, 0.5) is 13.2 Å². The van der Waals surface area contributed by atoms with Crippen LogP contribution in [0, 0.1) is 0 Å². The predicted octanol–water partition coefficient (Wildman–Crippen LogP) is 4.79. The molecule has 1 atom stereocenters. The summed E-state index contributed by atoms with van der Waals surface area (Å²) in [5.41, 5.74) is -0.483. The van der Waals surface area contributed by atoms with Crippen LogP contribution in [-0.4, -0.2) is 61.9 Å². The van der Waals surface area contributed by atoms with Gasteiger partial charge in [0.2, 0.25) is 11.8 Å². The van der Waals surface area contributed by atoms with E-state index in [1.807, 2.05) is 19.0 Å². The van der Waals surface area contributed by atoms with Crippen molar-refractivity contribution in [2.24, 2.45) is 0 Å². The number of carbonyl (C=O) groups excluding carboxylic acids is 2. The van der Waals surface area contributed by atoms with E-state index in [9.17, 15) is 22.8 Å². The first-order valence-electron chi connectivity index (χ1n) is 11.2. The van der Waals surface area contributed by atoms with Gasteiger partial charge in [-0.05, 0) is 62.3 Å². The Bertz CT molecular complexity index is 1070. The molecule has 0 bridgehead atoms. The maximum atomic E-state index is 13.4. The summed E-state index contributed by atoms with van der Waals surface area (Å²) in [5.74, 6) is -0.661. The van der Waals surface area contributed by atoms with Crippen LogP contribution in [0.2, 0.25) is 10.0 Å². The largest absolute Gasteiger partial charge is 0.416 e. The van der Waals surface area contributed by atoms with Gasteiger partial charge in [0, 0.05) is 36.6 Å². The van der Waals surface area contributed by atoms with Crippen molar-refractivity contribution in [3.8, 4) is 0 Å². The van der Waals surface area contributed by atoms with Gasteiger partial charge in [0.15, 0.2) is 0 Å². The van der Waals surface area contributed by atoms with Crippen molar-refractivity contribution >= 4 is 35.0 Å². The van der Waals surface area contributed by atoms with Crippen LogP contribution in [-0.2, 0) is 27.6 Å². The van der Waals surface area contributed by atoms with E-state index in [1.54, 1.807) is 25.2 Å². The van der Waals surface area contributed by atoms with E-state index in [4.69, 9.17) is 23.2 Å². The molecule has 5 nitrogen and oxygen atoms in total. The van der Waals surface area contributed by atoms with Gasteiger partial charge in [-0.1, -0.05) is 41.4 Å². The molecule has 3 rings (SSSR count). The zero-order chi connectivity index (χ0) is 26.0. The topological polar surface area (TPSA) is 52.6 Å². The summed E-state index contributed by atoms with van der Waals surface area (Å²) in [5, 5.41) is 3.69. The second-order valence-corrected chi connectivity index (χ2v) is 10.0. The second kappa shape index (κ2) is 10.8. The second-order valence-electron chi connectivity index (χ2n) is 9.19. The summed E-state index contributed by atoms with van der Waals surface area (Å²) in [4.78, 5) is 30.1. The molecule has 0 aromatic heterocycles. The number of hydrogen-bond donors (Lipinski definition) is 1. The van der Waals surface area contributed by atoms with Gasteiger partial charge in [0.1, 0.15) is 6.04 Å². The van der Waals surface area contributed by atoms with Crippen LogP contribution in [0.15, 0.2) is 42.5 Å².